The molecule has 0 aromatic heterocycles. The van der Waals surface area contributed by atoms with Gasteiger partial charge in [-0.25, -0.2) is 5.01 Å². The zero-order valence-corrected chi connectivity index (χ0v) is 6.92. The number of hydrogen-bond donors (Lipinski definition) is 0. The van der Waals surface area contributed by atoms with E-state index in [1.165, 1.54) is 5.01 Å². The summed E-state index contributed by atoms with van der Waals surface area (Å²) in [5.74, 6) is 0.867. The van der Waals surface area contributed by atoms with Crippen LogP contribution in [0.3, 0.4) is 0 Å². The van der Waals surface area contributed by atoms with Crippen LogP contribution in [0.1, 0.15) is 5.56 Å². The molecule has 1 aromatic carbocycles. The topological polar surface area (TPSA) is 61.2 Å². The van der Waals surface area contributed by atoms with Gasteiger partial charge in [-0.15, -0.1) is 5.53 Å². The van der Waals surface area contributed by atoms with Crippen LogP contribution >= 0.6 is 0 Å². The second kappa shape index (κ2) is 3.25. The fraction of sp³-hybridized carbons (Fsp3) is 0.250. The normalized spacial score (nSPS) is 14.0. The molecule has 0 bridgehead atoms. The van der Waals surface area contributed by atoms with E-state index < -0.39 is 0 Å². The fourth-order valence-electron chi connectivity index (χ4n) is 1.28. The van der Waals surface area contributed by atoms with E-state index in [0.717, 1.165) is 11.3 Å². The van der Waals surface area contributed by atoms with Crippen molar-refractivity contribution in [2.45, 2.75) is 6.54 Å². The second-order valence-electron chi connectivity index (χ2n) is 2.72. The Kier molecular flexibility index (Phi) is 1.94. The maximum atomic E-state index is 8.23. The van der Waals surface area contributed by atoms with Gasteiger partial charge in [0.05, 0.1) is 0 Å². The van der Waals surface area contributed by atoms with Crippen LogP contribution in [0, 0.1) is 0 Å². The van der Waals surface area contributed by atoms with Crippen LogP contribution in [0.15, 0.2) is 29.5 Å². The van der Waals surface area contributed by atoms with Crippen LogP contribution in [-0.2, 0) is 6.54 Å². The largest absolute Gasteiger partial charge is 0.454 e. The first kappa shape index (κ1) is 7.76. The van der Waals surface area contributed by atoms with E-state index in [2.05, 4.69) is 10.1 Å². The van der Waals surface area contributed by atoms with Crippen molar-refractivity contribution in [3.8, 4) is 5.75 Å². The zero-order valence-electron chi connectivity index (χ0n) is 6.92. The Morgan fingerprint density at radius 1 is 1.46 bits per heavy atom. The van der Waals surface area contributed by atoms with Gasteiger partial charge in [-0.3, -0.25) is 0 Å². The average molecular weight is 176 g/mol. The average Bonchev–Trinajstić information content (AvgIpc) is 2.18. The molecule has 5 nitrogen and oxygen atoms in total. The van der Waals surface area contributed by atoms with E-state index in [9.17, 15) is 0 Å². The third-order valence-electron chi connectivity index (χ3n) is 1.86. The number of ether oxygens (including phenoxy) is 1. The maximum absolute atomic E-state index is 8.23. The number of hydrogen-bond acceptors (Lipinski definition) is 2. The lowest BCUT2D eigenvalue weighted by molar-refractivity contribution is 0.0965. The number of para-hydroxylation sites is 1. The van der Waals surface area contributed by atoms with Crippen molar-refractivity contribution in [2.24, 2.45) is 5.22 Å². The summed E-state index contributed by atoms with van der Waals surface area (Å²) in [6.45, 7) is 0.932. The quantitative estimate of drug-likeness (QED) is 0.373. The summed E-state index contributed by atoms with van der Waals surface area (Å²) in [5, 5.41) is 5.00. The van der Waals surface area contributed by atoms with Crippen molar-refractivity contribution < 1.29 is 4.74 Å². The minimum atomic E-state index is 0.321. The minimum Gasteiger partial charge on any atom is -0.454 e. The van der Waals surface area contributed by atoms with Crippen molar-refractivity contribution in [3.05, 3.63) is 40.3 Å². The molecular formula is C8H8N4O. The Bertz CT molecular complexity index is 359. The summed E-state index contributed by atoms with van der Waals surface area (Å²) < 4.78 is 5.35. The lowest BCUT2D eigenvalue weighted by Gasteiger charge is -2.22. The van der Waals surface area contributed by atoms with E-state index in [1.54, 1.807) is 0 Å². The Hall–Kier alpha value is -1.87. The van der Waals surface area contributed by atoms with Crippen molar-refractivity contribution in [3.63, 3.8) is 0 Å². The summed E-state index contributed by atoms with van der Waals surface area (Å²) in [5.41, 5.74) is 9.27. The van der Waals surface area contributed by atoms with Gasteiger partial charge in [-0.2, -0.15) is 4.91 Å². The molecule has 1 aliphatic rings. The molecule has 2 rings (SSSR count). The monoisotopic (exact) mass is 176 g/mol. The molecule has 0 spiro atoms. The van der Waals surface area contributed by atoms with E-state index >= 15 is 0 Å². The first-order chi connectivity index (χ1) is 6.40. The standard InChI is InChI=1S/C8H8N4O/c9-10-11-12-5-7-3-1-2-4-8(7)13-6-12/h1-4H,5-6H2. The highest BCUT2D eigenvalue weighted by Gasteiger charge is 2.16. The summed E-state index contributed by atoms with van der Waals surface area (Å²) in [4.78, 5) is 2.70. The van der Waals surface area contributed by atoms with E-state index in [4.69, 9.17) is 10.3 Å². The first-order valence-corrected chi connectivity index (χ1v) is 3.91. The molecule has 0 N–H and O–H groups in total. The molecule has 0 aliphatic carbocycles. The molecule has 0 radical (unpaired) electrons. The lowest BCUT2D eigenvalue weighted by atomic mass is 10.2. The van der Waals surface area contributed by atoms with Gasteiger partial charge in [-0.05, 0) is 11.3 Å². The van der Waals surface area contributed by atoms with Gasteiger partial charge in [0.2, 0.25) is 6.73 Å². The van der Waals surface area contributed by atoms with Crippen LogP contribution < -0.4 is 4.74 Å². The van der Waals surface area contributed by atoms with Gasteiger partial charge in [0.15, 0.2) is 0 Å². The van der Waals surface area contributed by atoms with Crippen molar-refractivity contribution in [1.29, 1.82) is 0 Å². The molecule has 0 atom stereocenters. The highest BCUT2D eigenvalue weighted by molar-refractivity contribution is 5.34. The Balaban J connectivity index is 2.24. The second-order valence-corrected chi connectivity index (χ2v) is 2.72. The van der Waals surface area contributed by atoms with E-state index in [1.807, 2.05) is 24.3 Å². The molecule has 0 saturated heterocycles. The van der Waals surface area contributed by atoms with Crippen molar-refractivity contribution in [2.75, 3.05) is 6.73 Å². The Morgan fingerprint density at radius 2 is 2.31 bits per heavy atom. The number of rotatable bonds is 1. The molecule has 0 fully saturated rings. The SMILES string of the molecule is [N-]=[N+]=NN1COc2ccccc2C1. The summed E-state index contributed by atoms with van der Waals surface area (Å²) in [7, 11) is 0. The van der Waals surface area contributed by atoms with Gasteiger partial charge >= 0.3 is 0 Å². The predicted octanol–water partition coefficient (Wildman–Crippen LogP) is 2.06. The molecule has 5 heteroatoms. The molecule has 1 aromatic rings. The van der Waals surface area contributed by atoms with E-state index in [-0.39, 0.29) is 0 Å². The zero-order chi connectivity index (χ0) is 9.10. The van der Waals surface area contributed by atoms with Gasteiger partial charge in [0, 0.05) is 5.56 Å². The van der Waals surface area contributed by atoms with E-state index in [0.29, 0.717) is 13.3 Å². The van der Waals surface area contributed by atoms with Crippen molar-refractivity contribution in [1.82, 2.24) is 5.01 Å². The Labute approximate surface area is 75.1 Å². The highest BCUT2D eigenvalue weighted by Crippen LogP contribution is 2.23. The molecule has 66 valence electrons. The number of nitrogens with zero attached hydrogens (tertiary/aromatic N) is 4. The molecule has 0 unspecified atom stereocenters. The van der Waals surface area contributed by atoms with Gasteiger partial charge in [0.1, 0.15) is 12.3 Å². The molecule has 13 heavy (non-hydrogen) atoms. The molecule has 1 heterocycles. The Morgan fingerprint density at radius 3 is 3.15 bits per heavy atom. The minimum absolute atomic E-state index is 0.321. The van der Waals surface area contributed by atoms with Gasteiger partial charge in [-0.1, -0.05) is 18.2 Å². The van der Waals surface area contributed by atoms with Crippen LogP contribution in [0.4, 0.5) is 0 Å². The van der Waals surface area contributed by atoms with Gasteiger partial charge in [0.25, 0.3) is 0 Å². The highest BCUT2D eigenvalue weighted by atomic mass is 16.5. The predicted molar refractivity (Wildman–Crippen MR) is 46.6 cm³/mol. The molecular weight excluding hydrogens is 168 g/mol. The number of fused-ring (bicyclic) bond motifs is 1. The van der Waals surface area contributed by atoms with Crippen molar-refractivity contribution >= 4 is 0 Å². The third-order valence-corrected chi connectivity index (χ3v) is 1.86. The van der Waals surface area contributed by atoms with Crippen LogP contribution in [-0.4, -0.2) is 11.7 Å². The summed E-state index contributed by atoms with van der Waals surface area (Å²) in [6.07, 6.45) is 0. The summed E-state index contributed by atoms with van der Waals surface area (Å²) >= 11 is 0. The van der Waals surface area contributed by atoms with Crippen LogP contribution in [0.25, 0.3) is 10.4 Å². The number of azide groups is 1. The molecule has 1 aliphatic heterocycles. The third kappa shape index (κ3) is 1.50. The van der Waals surface area contributed by atoms with Gasteiger partial charge < -0.3 is 4.74 Å². The van der Waals surface area contributed by atoms with Crippen LogP contribution in [0.2, 0.25) is 0 Å². The fourth-order valence-corrected chi connectivity index (χ4v) is 1.28. The lowest BCUT2D eigenvalue weighted by Crippen LogP contribution is -2.26. The maximum Gasteiger partial charge on any atom is 0.231 e. The van der Waals surface area contributed by atoms with Crippen LogP contribution in [0.5, 0.6) is 5.75 Å². The molecule has 0 saturated carbocycles. The molecule has 0 amide bonds. The summed E-state index contributed by atoms with van der Waals surface area (Å²) in [6, 6.07) is 7.71. The number of benzene rings is 1. The smallest absolute Gasteiger partial charge is 0.231 e. The first-order valence-electron chi connectivity index (χ1n) is 3.91.